The second kappa shape index (κ2) is 8.38. The summed E-state index contributed by atoms with van der Waals surface area (Å²) in [6.45, 7) is 1.23. The van der Waals surface area contributed by atoms with E-state index in [1.807, 2.05) is 0 Å². The average molecular weight is 450 g/mol. The van der Waals surface area contributed by atoms with Crippen LogP contribution in [0.2, 0.25) is 0 Å². The van der Waals surface area contributed by atoms with Crippen LogP contribution in [-0.2, 0) is 16.1 Å². The number of aromatic nitrogens is 1. The van der Waals surface area contributed by atoms with Crippen molar-refractivity contribution in [2.45, 2.75) is 44.2 Å². The number of hydrogen-bond donors (Lipinski definition) is 1. The van der Waals surface area contributed by atoms with Gasteiger partial charge < -0.3 is 9.80 Å². The Kier molecular flexibility index (Phi) is 5.39. The number of fused-ring (bicyclic) bond motifs is 1. The maximum absolute atomic E-state index is 15.0. The predicted molar refractivity (Wildman–Crippen MR) is 115 cm³/mol. The van der Waals surface area contributed by atoms with Crippen molar-refractivity contribution in [3.63, 3.8) is 0 Å². The van der Waals surface area contributed by atoms with Crippen molar-refractivity contribution >= 4 is 23.6 Å². The number of carbonyl (C=O) groups excluding carboxylic acids is 4. The van der Waals surface area contributed by atoms with E-state index in [1.165, 1.54) is 11.0 Å². The lowest BCUT2D eigenvalue weighted by Crippen LogP contribution is -2.52. The Hall–Kier alpha value is -3.62. The lowest BCUT2D eigenvalue weighted by Gasteiger charge is -2.32. The van der Waals surface area contributed by atoms with E-state index in [4.69, 9.17) is 0 Å². The van der Waals surface area contributed by atoms with Crippen LogP contribution in [-0.4, -0.2) is 57.5 Å². The van der Waals surface area contributed by atoms with E-state index in [2.05, 4.69) is 10.3 Å². The summed E-state index contributed by atoms with van der Waals surface area (Å²) in [6.07, 6.45) is 4.83. The lowest BCUT2D eigenvalue weighted by molar-refractivity contribution is -0.136. The van der Waals surface area contributed by atoms with Crippen LogP contribution in [0.15, 0.2) is 36.7 Å². The molecule has 0 bridgehead atoms. The number of carbonyl (C=O) groups is 4. The Morgan fingerprint density at radius 1 is 1.12 bits per heavy atom. The summed E-state index contributed by atoms with van der Waals surface area (Å²) in [5, 5.41) is 2.27. The molecule has 1 aromatic heterocycles. The first-order valence-corrected chi connectivity index (χ1v) is 11.1. The Bertz CT molecular complexity index is 1140. The van der Waals surface area contributed by atoms with Gasteiger partial charge in [0.1, 0.15) is 11.9 Å². The van der Waals surface area contributed by atoms with Crippen LogP contribution in [0.1, 0.15) is 63.4 Å². The number of rotatable bonds is 3. The van der Waals surface area contributed by atoms with Gasteiger partial charge in [0.2, 0.25) is 11.8 Å². The van der Waals surface area contributed by atoms with E-state index in [0.717, 1.165) is 0 Å². The van der Waals surface area contributed by atoms with Gasteiger partial charge in [-0.1, -0.05) is 6.07 Å². The van der Waals surface area contributed by atoms with Crippen LogP contribution in [0, 0.1) is 5.82 Å². The summed E-state index contributed by atoms with van der Waals surface area (Å²) in [4.78, 5) is 56.3. The standard InChI is InChI=1S/C24H23FN4O4/c25-19-11-18-16(13-29(24(18)33)20-3-4-21(30)27-22(20)31)10-17(19)14-5-8-28(9-6-14)23(32)15-2-1-7-26-12-15/h1-2,7,10-12,14,20H,3-6,8-9,13H2,(H,27,30,31). The van der Waals surface area contributed by atoms with Crippen molar-refractivity contribution in [2.75, 3.05) is 13.1 Å². The maximum Gasteiger partial charge on any atom is 0.255 e. The molecule has 5 rings (SSSR count). The molecular formula is C24H23FN4O4. The number of nitrogens with one attached hydrogen (secondary N) is 1. The van der Waals surface area contributed by atoms with Crippen LogP contribution in [0.3, 0.4) is 0 Å². The van der Waals surface area contributed by atoms with Crippen LogP contribution in [0.5, 0.6) is 0 Å². The molecule has 0 spiro atoms. The molecule has 1 unspecified atom stereocenters. The summed E-state index contributed by atoms with van der Waals surface area (Å²) >= 11 is 0. The number of halogens is 1. The minimum atomic E-state index is -0.726. The Morgan fingerprint density at radius 3 is 2.61 bits per heavy atom. The van der Waals surface area contributed by atoms with Crippen LogP contribution in [0.25, 0.3) is 0 Å². The molecule has 170 valence electrons. The summed E-state index contributed by atoms with van der Waals surface area (Å²) in [5.41, 5.74) is 2.03. The number of likely N-dealkylation sites (tertiary alicyclic amines) is 1. The van der Waals surface area contributed by atoms with Gasteiger partial charge in [-0.3, -0.25) is 29.5 Å². The highest BCUT2D eigenvalue weighted by atomic mass is 19.1. The number of nitrogens with zero attached hydrogens (tertiary/aromatic N) is 3. The van der Waals surface area contributed by atoms with E-state index in [0.29, 0.717) is 42.6 Å². The molecule has 4 heterocycles. The molecule has 33 heavy (non-hydrogen) atoms. The number of imide groups is 1. The van der Waals surface area contributed by atoms with E-state index < -0.39 is 17.8 Å². The highest BCUT2D eigenvalue weighted by Gasteiger charge is 2.40. The largest absolute Gasteiger partial charge is 0.339 e. The molecule has 8 nitrogen and oxygen atoms in total. The highest BCUT2D eigenvalue weighted by molar-refractivity contribution is 6.05. The zero-order valence-electron chi connectivity index (χ0n) is 17.9. The van der Waals surface area contributed by atoms with Crippen molar-refractivity contribution < 1.29 is 23.6 Å². The van der Waals surface area contributed by atoms with Gasteiger partial charge in [0, 0.05) is 44.0 Å². The molecule has 3 aliphatic rings. The molecule has 0 aliphatic carbocycles. The third-order valence-corrected chi connectivity index (χ3v) is 6.77. The van der Waals surface area contributed by atoms with Crippen LogP contribution in [0.4, 0.5) is 4.39 Å². The third kappa shape index (κ3) is 3.88. The molecule has 0 radical (unpaired) electrons. The van der Waals surface area contributed by atoms with Gasteiger partial charge in [-0.2, -0.15) is 0 Å². The number of benzene rings is 1. The Labute approximate surface area is 189 Å². The number of pyridine rings is 1. The van der Waals surface area contributed by atoms with Crippen LogP contribution >= 0.6 is 0 Å². The molecular weight excluding hydrogens is 427 g/mol. The molecule has 2 saturated heterocycles. The lowest BCUT2D eigenvalue weighted by atomic mass is 9.87. The van der Waals surface area contributed by atoms with E-state index in [9.17, 15) is 19.2 Å². The first-order valence-electron chi connectivity index (χ1n) is 11.1. The van der Waals surface area contributed by atoms with Gasteiger partial charge in [0.05, 0.1) is 5.56 Å². The molecule has 0 saturated carbocycles. The van der Waals surface area contributed by atoms with Crippen molar-refractivity contribution in [2.24, 2.45) is 0 Å². The zero-order chi connectivity index (χ0) is 23.1. The fraction of sp³-hybridized carbons (Fsp3) is 0.375. The molecule has 9 heteroatoms. The van der Waals surface area contributed by atoms with Gasteiger partial charge in [-0.05, 0) is 54.5 Å². The SMILES string of the molecule is O=C1CCC(N2Cc3cc(C4CCN(C(=O)c5cccnc5)CC4)c(F)cc3C2=O)C(=O)N1. The number of piperidine rings is 2. The minimum absolute atomic E-state index is 0.0620. The van der Waals surface area contributed by atoms with E-state index in [1.54, 1.807) is 35.5 Å². The van der Waals surface area contributed by atoms with Gasteiger partial charge in [0.25, 0.3) is 11.8 Å². The maximum atomic E-state index is 15.0. The van der Waals surface area contributed by atoms with E-state index in [-0.39, 0.29) is 48.6 Å². The third-order valence-electron chi connectivity index (χ3n) is 6.77. The zero-order valence-corrected chi connectivity index (χ0v) is 17.9. The molecule has 2 aromatic rings. The summed E-state index contributed by atoms with van der Waals surface area (Å²) in [7, 11) is 0. The van der Waals surface area contributed by atoms with Gasteiger partial charge in [0.15, 0.2) is 0 Å². The quantitative estimate of drug-likeness (QED) is 0.721. The molecule has 1 aromatic carbocycles. The van der Waals surface area contributed by atoms with E-state index >= 15 is 4.39 Å². The van der Waals surface area contributed by atoms with Crippen molar-refractivity contribution in [1.29, 1.82) is 0 Å². The fourth-order valence-electron chi connectivity index (χ4n) is 4.99. The topological polar surface area (TPSA) is 99.7 Å². The first-order chi connectivity index (χ1) is 15.9. The molecule has 2 fully saturated rings. The Morgan fingerprint density at radius 2 is 1.91 bits per heavy atom. The first kappa shape index (κ1) is 21.2. The monoisotopic (exact) mass is 450 g/mol. The highest BCUT2D eigenvalue weighted by Crippen LogP contribution is 2.35. The number of amides is 4. The van der Waals surface area contributed by atoms with Crippen molar-refractivity contribution in [1.82, 2.24) is 20.1 Å². The molecule has 4 amide bonds. The fourth-order valence-corrected chi connectivity index (χ4v) is 4.99. The summed E-state index contributed by atoms with van der Waals surface area (Å²) in [6, 6.07) is 5.73. The van der Waals surface area contributed by atoms with Crippen molar-refractivity contribution in [3.8, 4) is 0 Å². The summed E-state index contributed by atoms with van der Waals surface area (Å²) in [5.74, 6) is -1.80. The second-order valence-electron chi connectivity index (χ2n) is 8.74. The number of hydrogen-bond acceptors (Lipinski definition) is 5. The smallest absolute Gasteiger partial charge is 0.255 e. The summed E-state index contributed by atoms with van der Waals surface area (Å²) < 4.78 is 15.0. The average Bonchev–Trinajstić information content (AvgIpc) is 3.14. The molecule has 3 aliphatic heterocycles. The second-order valence-corrected chi connectivity index (χ2v) is 8.74. The van der Waals surface area contributed by atoms with Gasteiger partial charge in [-0.25, -0.2) is 4.39 Å². The molecule has 1 N–H and O–H groups in total. The van der Waals surface area contributed by atoms with Crippen LogP contribution < -0.4 is 5.32 Å². The van der Waals surface area contributed by atoms with Gasteiger partial charge >= 0.3 is 0 Å². The predicted octanol–water partition coefficient (Wildman–Crippen LogP) is 2.00. The minimum Gasteiger partial charge on any atom is -0.339 e. The van der Waals surface area contributed by atoms with Crippen molar-refractivity contribution in [3.05, 3.63) is 64.7 Å². The Balaban J connectivity index is 1.29. The molecule has 1 atom stereocenters. The normalized spacial score (nSPS) is 21.2. The van der Waals surface area contributed by atoms with Gasteiger partial charge in [-0.15, -0.1) is 0 Å².